The molecule has 104 valence electrons. The molecule has 0 atom stereocenters. The Balaban J connectivity index is 1.92. The lowest BCUT2D eigenvalue weighted by Crippen LogP contribution is -2.28. The first-order chi connectivity index (χ1) is 9.69. The van der Waals surface area contributed by atoms with Gasteiger partial charge in [-0.15, -0.1) is 0 Å². The van der Waals surface area contributed by atoms with Gasteiger partial charge in [-0.25, -0.2) is 4.79 Å². The fraction of sp³-hybridized carbons (Fsp3) is 0.133. The molecule has 2 aromatic carbocycles. The molecule has 0 aliphatic rings. The number of anilines is 1. The summed E-state index contributed by atoms with van der Waals surface area (Å²) in [5.74, 6) is 0.831. The van der Waals surface area contributed by atoms with Gasteiger partial charge in [-0.3, -0.25) is 0 Å². The zero-order valence-electron chi connectivity index (χ0n) is 11.1. The number of hydrogen-bond acceptors (Lipinski definition) is 3. The molecule has 0 saturated carbocycles. The SMILES string of the molecule is COc1ccccc1CNC(=O)Nc1cccc(O)c1. The minimum absolute atomic E-state index is 0.104. The molecule has 3 N–H and O–H groups in total. The number of carbonyl (C=O) groups is 1. The molecule has 5 heteroatoms. The fourth-order valence-corrected chi connectivity index (χ4v) is 1.78. The lowest BCUT2D eigenvalue weighted by molar-refractivity contribution is 0.251. The number of methoxy groups -OCH3 is 1. The van der Waals surface area contributed by atoms with Crippen molar-refractivity contribution in [2.24, 2.45) is 0 Å². The van der Waals surface area contributed by atoms with Gasteiger partial charge in [-0.2, -0.15) is 0 Å². The van der Waals surface area contributed by atoms with Crippen molar-refractivity contribution in [1.82, 2.24) is 5.32 Å². The molecule has 0 aliphatic heterocycles. The summed E-state index contributed by atoms with van der Waals surface area (Å²) in [7, 11) is 1.59. The number of carbonyl (C=O) groups excluding carboxylic acids is 1. The zero-order valence-corrected chi connectivity index (χ0v) is 11.1. The second-order valence-electron chi connectivity index (χ2n) is 4.17. The molecule has 2 rings (SSSR count). The number of benzene rings is 2. The van der Waals surface area contributed by atoms with Crippen LogP contribution in [0.1, 0.15) is 5.56 Å². The van der Waals surface area contributed by atoms with Crippen molar-refractivity contribution in [2.45, 2.75) is 6.54 Å². The van der Waals surface area contributed by atoms with E-state index in [0.29, 0.717) is 12.2 Å². The fourth-order valence-electron chi connectivity index (χ4n) is 1.78. The van der Waals surface area contributed by atoms with Gasteiger partial charge < -0.3 is 20.5 Å². The molecular formula is C15H16N2O3. The molecule has 0 aliphatic carbocycles. The number of para-hydroxylation sites is 1. The average Bonchev–Trinajstić information content (AvgIpc) is 2.45. The van der Waals surface area contributed by atoms with Crippen molar-refractivity contribution in [3.63, 3.8) is 0 Å². The van der Waals surface area contributed by atoms with Gasteiger partial charge in [0.15, 0.2) is 0 Å². The van der Waals surface area contributed by atoms with Gasteiger partial charge in [-0.1, -0.05) is 24.3 Å². The summed E-state index contributed by atoms with van der Waals surface area (Å²) in [6, 6.07) is 13.5. The third-order valence-electron chi connectivity index (χ3n) is 2.74. The van der Waals surface area contributed by atoms with Crippen molar-refractivity contribution in [3.05, 3.63) is 54.1 Å². The van der Waals surface area contributed by atoms with E-state index in [4.69, 9.17) is 4.74 Å². The Morgan fingerprint density at radius 2 is 2.00 bits per heavy atom. The maximum absolute atomic E-state index is 11.8. The highest BCUT2D eigenvalue weighted by molar-refractivity contribution is 5.89. The molecule has 20 heavy (non-hydrogen) atoms. The Kier molecular flexibility index (Phi) is 4.44. The van der Waals surface area contributed by atoms with Crippen LogP contribution in [-0.4, -0.2) is 18.2 Å². The summed E-state index contributed by atoms with van der Waals surface area (Å²) in [6.45, 7) is 0.356. The van der Waals surface area contributed by atoms with Gasteiger partial charge >= 0.3 is 6.03 Å². The topological polar surface area (TPSA) is 70.6 Å². The highest BCUT2D eigenvalue weighted by Crippen LogP contribution is 2.17. The van der Waals surface area contributed by atoms with Gasteiger partial charge in [-0.05, 0) is 18.2 Å². The highest BCUT2D eigenvalue weighted by atomic mass is 16.5. The third-order valence-corrected chi connectivity index (χ3v) is 2.74. The van der Waals surface area contributed by atoms with E-state index in [1.807, 2.05) is 24.3 Å². The van der Waals surface area contributed by atoms with Crippen molar-refractivity contribution in [3.8, 4) is 11.5 Å². The van der Waals surface area contributed by atoms with Crippen LogP contribution >= 0.6 is 0 Å². The molecular weight excluding hydrogens is 256 g/mol. The highest BCUT2D eigenvalue weighted by Gasteiger charge is 2.05. The van der Waals surface area contributed by atoms with E-state index in [9.17, 15) is 9.90 Å². The van der Waals surface area contributed by atoms with Crippen molar-refractivity contribution in [1.29, 1.82) is 0 Å². The normalized spacial score (nSPS) is 9.85. The van der Waals surface area contributed by atoms with Crippen LogP contribution in [0.15, 0.2) is 48.5 Å². The predicted octanol–water partition coefficient (Wildman–Crippen LogP) is 2.72. The van der Waals surface area contributed by atoms with Crippen molar-refractivity contribution < 1.29 is 14.6 Å². The van der Waals surface area contributed by atoms with Crippen LogP contribution in [0, 0.1) is 0 Å². The summed E-state index contributed by atoms with van der Waals surface area (Å²) >= 11 is 0. The van der Waals surface area contributed by atoms with E-state index in [2.05, 4.69) is 10.6 Å². The Morgan fingerprint density at radius 1 is 1.20 bits per heavy atom. The van der Waals surface area contributed by atoms with E-state index in [0.717, 1.165) is 11.3 Å². The molecule has 0 heterocycles. The number of phenols is 1. The zero-order chi connectivity index (χ0) is 14.4. The standard InChI is InChI=1S/C15H16N2O3/c1-20-14-8-3-2-5-11(14)10-16-15(19)17-12-6-4-7-13(18)9-12/h2-9,18H,10H2,1H3,(H2,16,17,19). The summed E-state index contributed by atoms with van der Waals surface area (Å²) in [5, 5.41) is 14.7. The van der Waals surface area contributed by atoms with Gasteiger partial charge in [0.25, 0.3) is 0 Å². The van der Waals surface area contributed by atoms with E-state index in [1.165, 1.54) is 12.1 Å². The lowest BCUT2D eigenvalue weighted by atomic mass is 10.2. The van der Waals surface area contributed by atoms with Crippen molar-refractivity contribution >= 4 is 11.7 Å². The molecule has 5 nitrogen and oxygen atoms in total. The molecule has 0 unspecified atom stereocenters. The lowest BCUT2D eigenvalue weighted by Gasteiger charge is -2.10. The first-order valence-electron chi connectivity index (χ1n) is 6.15. The summed E-state index contributed by atoms with van der Waals surface area (Å²) in [5.41, 5.74) is 1.42. The maximum atomic E-state index is 11.8. The van der Waals surface area contributed by atoms with Crippen LogP contribution in [0.25, 0.3) is 0 Å². The van der Waals surface area contributed by atoms with Gasteiger partial charge in [0.2, 0.25) is 0 Å². The smallest absolute Gasteiger partial charge is 0.319 e. The number of aromatic hydroxyl groups is 1. The number of ether oxygens (including phenoxy) is 1. The molecule has 0 fully saturated rings. The number of nitrogens with one attached hydrogen (secondary N) is 2. The number of phenolic OH excluding ortho intramolecular Hbond substituents is 1. The Bertz CT molecular complexity index is 599. The summed E-state index contributed by atoms with van der Waals surface area (Å²) in [4.78, 5) is 11.8. The van der Waals surface area contributed by atoms with Gasteiger partial charge in [0.05, 0.1) is 7.11 Å². The predicted molar refractivity (Wildman–Crippen MR) is 77.0 cm³/mol. The largest absolute Gasteiger partial charge is 0.508 e. The van der Waals surface area contributed by atoms with Crippen LogP contribution in [0.4, 0.5) is 10.5 Å². The summed E-state index contributed by atoms with van der Waals surface area (Å²) in [6.07, 6.45) is 0. The van der Waals surface area contributed by atoms with Crippen LogP contribution < -0.4 is 15.4 Å². The minimum Gasteiger partial charge on any atom is -0.508 e. The average molecular weight is 272 g/mol. The maximum Gasteiger partial charge on any atom is 0.319 e. The second kappa shape index (κ2) is 6.47. The molecule has 2 aromatic rings. The first kappa shape index (κ1) is 13.7. The number of urea groups is 1. The van der Waals surface area contributed by atoms with E-state index in [1.54, 1.807) is 19.2 Å². The second-order valence-corrected chi connectivity index (χ2v) is 4.17. The van der Waals surface area contributed by atoms with Crippen LogP contribution in [0.5, 0.6) is 11.5 Å². The number of rotatable bonds is 4. The minimum atomic E-state index is -0.346. The molecule has 0 saturated heterocycles. The molecule has 0 spiro atoms. The van der Waals surface area contributed by atoms with E-state index < -0.39 is 0 Å². The Labute approximate surface area is 117 Å². The van der Waals surface area contributed by atoms with E-state index in [-0.39, 0.29) is 11.8 Å². The monoisotopic (exact) mass is 272 g/mol. The summed E-state index contributed by atoms with van der Waals surface area (Å²) < 4.78 is 5.21. The third kappa shape index (κ3) is 3.65. The number of hydrogen-bond donors (Lipinski definition) is 3. The van der Waals surface area contributed by atoms with Crippen LogP contribution in [0.3, 0.4) is 0 Å². The van der Waals surface area contributed by atoms with E-state index >= 15 is 0 Å². The van der Waals surface area contributed by atoms with Crippen LogP contribution in [0.2, 0.25) is 0 Å². The van der Waals surface area contributed by atoms with Gasteiger partial charge in [0, 0.05) is 23.9 Å². The molecule has 0 aromatic heterocycles. The van der Waals surface area contributed by atoms with Gasteiger partial charge in [0.1, 0.15) is 11.5 Å². The quantitative estimate of drug-likeness (QED) is 0.801. The first-order valence-corrected chi connectivity index (χ1v) is 6.15. The molecule has 0 radical (unpaired) electrons. The Hall–Kier alpha value is -2.69. The number of amides is 2. The molecule has 0 bridgehead atoms. The van der Waals surface area contributed by atoms with Crippen molar-refractivity contribution in [2.75, 3.05) is 12.4 Å². The van der Waals surface area contributed by atoms with Crippen LogP contribution in [-0.2, 0) is 6.54 Å². The molecule has 2 amide bonds. The Morgan fingerprint density at radius 3 is 2.75 bits per heavy atom.